The van der Waals surface area contributed by atoms with Crippen molar-refractivity contribution in [2.24, 2.45) is 5.92 Å². The van der Waals surface area contributed by atoms with Crippen molar-refractivity contribution in [1.29, 1.82) is 0 Å². The maximum Gasteiger partial charge on any atom is 0.231 e. The molecule has 1 saturated heterocycles. The van der Waals surface area contributed by atoms with E-state index in [0.29, 0.717) is 35.9 Å². The molecular formula is C18H15ClFN5O. The molecule has 26 heavy (non-hydrogen) atoms. The van der Waals surface area contributed by atoms with Crippen molar-refractivity contribution in [3.63, 3.8) is 0 Å². The van der Waals surface area contributed by atoms with E-state index in [1.165, 1.54) is 12.3 Å². The molecule has 1 N–H and O–H groups in total. The molecule has 1 aliphatic heterocycles. The van der Waals surface area contributed by atoms with Crippen LogP contribution in [0.4, 0.5) is 10.2 Å². The van der Waals surface area contributed by atoms with E-state index in [-0.39, 0.29) is 11.8 Å². The van der Waals surface area contributed by atoms with Crippen molar-refractivity contribution in [3.05, 3.63) is 59.4 Å². The average Bonchev–Trinajstić information content (AvgIpc) is 3.21. The highest BCUT2D eigenvalue weighted by molar-refractivity contribution is 6.36. The van der Waals surface area contributed by atoms with Gasteiger partial charge in [0.15, 0.2) is 5.82 Å². The molecule has 0 unspecified atom stereocenters. The summed E-state index contributed by atoms with van der Waals surface area (Å²) in [5.41, 5.74) is 2.34. The number of carbonyl (C=O) groups is 1. The summed E-state index contributed by atoms with van der Waals surface area (Å²) in [6.07, 6.45) is 6.00. The van der Waals surface area contributed by atoms with Gasteiger partial charge in [-0.3, -0.25) is 19.8 Å². The molecule has 4 rings (SSSR count). The highest BCUT2D eigenvalue weighted by Crippen LogP contribution is 2.36. The van der Waals surface area contributed by atoms with Crippen LogP contribution in [0.2, 0.25) is 5.02 Å². The van der Waals surface area contributed by atoms with E-state index in [1.54, 1.807) is 23.4 Å². The Labute approximate surface area is 154 Å². The first-order valence-corrected chi connectivity index (χ1v) is 8.57. The molecule has 1 atom stereocenters. The minimum Gasteiger partial charge on any atom is -0.294 e. The molecular weight excluding hydrogens is 357 g/mol. The maximum atomic E-state index is 12.9. The summed E-state index contributed by atoms with van der Waals surface area (Å²) in [7, 11) is 0. The van der Waals surface area contributed by atoms with E-state index in [1.807, 2.05) is 12.1 Å². The van der Waals surface area contributed by atoms with E-state index in [0.717, 1.165) is 11.1 Å². The number of hydrogen-bond acceptors (Lipinski definition) is 4. The molecule has 0 spiro atoms. The number of amides is 1. The van der Waals surface area contributed by atoms with Crippen LogP contribution in [-0.4, -0.2) is 32.6 Å². The minimum atomic E-state index is -0.528. The van der Waals surface area contributed by atoms with Crippen molar-refractivity contribution in [1.82, 2.24) is 20.2 Å². The number of aromatic amines is 1. The molecule has 0 aromatic carbocycles. The first-order chi connectivity index (χ1) is 12.6. The number of H-pyrrole nitrogens is 1. The fraction of sp³-hybridized carbons (Fsp3) is 0.222. The molecule has 6 nitrogen and oxygen atoms in total. The predicted molar refractivity (Wildman–Crippen MR) is 95.2 cm³/mol. The Bertz CT molecular complexity index is 929. The number of hydrogen-bond donors (Lipinski definition) is 1. The molecule has 1 fully saturated rings. The summed E-state index contributed by atoms with van der Waals surface area (Å²) >= 11 is 6.47. The zero-order valence-electron chi connectivity index (χ0n) is 13.7. The molecule has 3 aromatic heterocycles. The molecule has 1 aliphatic rings. The second-order valence-corrected chi connectivity index (χ2v) is 6.52. The largest absolute Gasteiger partial charge is 0.294 e. The second kappa shape index (κ2) is 6.84. The highest BCUT2D eigenvalue weighted by Gasteiger charge is 2.35. The van der Waals surface area contributed by atoms with Gasteiger partial charge in [0.25, 0.3) is 0 Å². The topological polar surface area (TPSA) is 74.8 Å². The van der Waals surface area contributed by atoms with Crippen LogP contribution < -0.4 is 4.90 Å². The summed E-state index contributed by atoms with van der Waals surface area (Å²) in [6.45, 7) is 0.540. The summed E-state index contributed by atoms with van der Waals surface area (Å²) in [6, 6.07) is 6.60. The lowest BCUT2D eigenvalue weighted by Gasteiger charge is -2.14. The van der Waals surface area contributed by atoms with Crippen molar-refractivity contribution in [2.75, 3.05) is 11.4 Å². The fourth-order valence-electron chi connectivity index (χ4n) is 3.16. The van der Waals surface area contributed by atoms with Gasteiger partial charge in [-0.25, -0.2) is 4.98 Å². The first-order valence-electron chi connectivity index (χ1n) is 8.19. The summed E-state index contributed by atoms with van der Waals surface area (Å²) in [4.78, 5) is 22.0. The van der Waals surface area contributed by atoms with E-state index in [2.05, 4.69) is 20.2 Å². The lowest BCUT2D eigenvalue weighted by atomic mass is 9.99. The number of pyridine rings is 2. The van der Waals surface area contributed by atoms with Gasteiger partial charge in [0.2, 0.25) is 11.9 Å². The summed E-state index contributed by atoms with van der Waals surface area (Å²) < 4.78 is 12.9. The van der Waals surface area contributed by atoms with E-state index < -0.39 is 5.95 Å². The Balaban J connectivity index is 1.53. The highest BCUT2D eigenvalue weighted by atomic mass is 35.5. The Morgan fingerprint density at radius 1 is 1.27 bits per heavy atom. The lowest BCUT2D eigenvalue weighted by molar-refractivity contribution is -0.120. The van der Waals surface area contributed by atoms with Gasteiger partial charge in [0.05, 0.1) is 5.69 Å². The second-order valence-electron chi connectivity index (χ2n) is 6.14. The normalized spacial score (nSPS) is 17.1. The first kappa shape index (κ1) is 16.7. The van der Waals surface area contributed by atoms with Crippen LogP contribution in [0.3, 0.4) is 0 Å². The van der Waals surface area contributed by atoms with Gasteiger partial charge < -0.3 is 0 Å². The van der Waals surface area contributed by atoms with Crippen LogP contribution in [0.25, 0.3) is 11.3 Å². The van der Waals surface area contributed by atoms with Gasteiger partial charge in [-0.15, -0.1) is 0 Å². The molecule has 4 heterocycles. The number of aromatic nitrogens is 4. The molecule has 0 radical (unpaired) electrons. The molecule has 132 valence electrons. The number of anilines is 1. The zero-order chi connectivity index (χ0) is 18.1. The fourth-order valence-corrected chi connectivity index (χ4v) is 3.45. The number of nitrogens with zero attached hydrogens (tertiary/aromatic N) is 4. The number of halogens is 2. The SMILES string of the molecule is O=C1[C@@H](Cc2ccc(F)nc2)CCN1c1n[nH]c(-c2ccncc2)c1Cl. The molecule has 3 aromatic rings. The number of nitrogens with one attached hydrogen (secondary N) is 1. The van der Waals surface area contributed by atoms with E-state index in [4.69, 9.17) is 11.6 Å². The summed E-state index contributed by atoms with van der Waals surface area (Å²) in [5, 5.41) is 7.56. The van der Waals surface area contributed by atoms with Crippen molar-refractivity contribution in [3.8, 4) is 11.3 Å². The van der Waals surface area contributed by atoms with E-state index in [9.17, 15) is 9.18 Å². The Hall–Kier alpha value is -2.80. The van der Waals surface area contributed by atoms with Gasteiger partial charge in [0.1, 0.15) is 5.02 Å². The molecule has 0 saturated carbocycles. The van der Waals surface area contributed by atoms with Crippen LogP contribution in [0.5, 0.6) is 0 Å². The van der Waals surface area contributed by atoms with Gasteiger partial charge in [-0.05, 0) is 36.6 Å². The van der Waals surface area contributed by atoms with Crippen LogP contribution >= 0.6 is 11.6 Å². The lowest BCUT2D eigenvalue weighted by Crippen LogP contribution is -2.28. The van der Waals surface area contributed by atoms with Crippen LogP contribution in [0.1, 0.15) is 12.0 Å². The van der Waals surface area contributed by atoms with Crippen LogP contribution in [-0.2, 0) is 11.2 Å². The minimum absolute atomic E-state index is 0.0380. The Morgan fingerprint density at radius 2 is 2.08 bits per heavy atom. The van der Waals surface area contributed by atoms with Crippen LogP contribution in [0, 0.1) is 11.9 Å². The van der Waals surface area contributed by atoms with Gasteiger partial charge in [0, 0.05) is 36.6 Å². The third-order valence-corrected chi connectivity index (χ3v) is 4.86. The Kier molecular flexibility index (Phi) is 4.38. The molecule has 0 aliphatic carbocycles. The van der Waals surface area contributed by atoms with Gasteiger partial charge in [-0.1, -0.05) is 17.7 Å². The number of carbonyl (C=O) groups excluding carboxylic acids is 1. The number of rotatable bonds is 4. The zero-order valence-corrected chi connectivity index (χ0v) is 14.4. The third kappa shape index (κ3) is 3.06. The van der Waals surface area contributed by atoms with Crippen molar-refractivity contribution in [2.45, 2.75) is 12.8 Å². The van der Waals surface area contributed by atoms with Crippen LogP contribution in [0.15, 0.2) is 42.9 Å². The predicted octanol–water partition coefficient (Wildman–Crippen LogP) is 3.25. The third-order valence-electron chi connectivity index (χ3n) is 4.50. The van der Waals surface area contributed by atoms with Gasteiger partial charge >= 0.3 is 0 Å². The quantitative estimate of drug-likeness (QED) is 0.714. The standard InChI is InChI=1S/C18H15ClFN5O/c19-15-16(12-3-6-21-7-4-12)23-24-17(15)25-8-5-13(18(25)26)9-11-1-2-14(20)22-10-11/h1-4,6-7,10,13H,5,8-9H2,(H,23,24)/t13-/m1/s1. The smallest absolute Gasteiger partial charge is 0.231 e. The molecule has 8 heteroatoms. The molecule has 1 amide bonds. The van der Waals surface area contributed by atoms with Crippen molar-refractivity contribution >= 4 is 23.3 Å². The Morgan fingerprint density at radius 3 is 2.81 bits per heavy atom. The monoisotopic (exact) mass is 371 g/mol. The van der Waals surface area contributed by atoms with Gasteiger partial charge in [-0.2, -0.15) is 9.49 Å². The average molecular weight is 372 g/mol. The maximum absolute atomic E-state index is 12.9. The van der Waals surface area contributed by atoms with Crippen molar-refractivity contribution < 1.29 is 9.18 Å². The van der Waals surface area contributed by atoms with E-state index >= 15 is 0 Å². The summed E-state index contributed by atoms with van der Waals surface area (Å²) in [5.74, 6) is -0.327. The molecule has 0 bridgehead atoms.